The maximum Gasteiger partial charge on any atom is 0.338 e. The van der Waals surface area contributed by atoms with E-state index in [9.17, 15) is 14.3 Å². The van der Waals surface area contributed by atoms with Crippen molar-refractivity contribution in [1.29, 1.82) is 0 Å². The summed E-state index contributed by atoms with van der Waals surface area (Å²) in [4.78, 5) is 18.3. The minimum absolute atomic E-state index is 0.169. The predicted octanol–water partition coefficient (Wildman–Crippen LogP) is 3.50. The second-order valence-electron chi connectivity index (χ2n) is 7.56. The Morgan fingerprint density at radius 3 is 2.62 bits per heavy atom. The summed E-state index contributed by atoms with van der Waals surface area (Å²) < 4.78 is 21.3. The molecule has 4 rings (SSSR count). The number of aryl methyl sites for hydroxylation is 1. The van der Waals surface area contributed by atoms with Crippen molar-refractivity contribution >= 4 is 17.3 Å². The van der Waals surface area contributed by atoms with Crippen LogP contribution in [0.2, 0.25) is 0 Å². The number of carboxylic acids is 1. The predicted molar refractivity (Wildman–Crippen MR) is 107 cm³/mol. The highest BCUT2D eigenvalue weighted by Gasteiger charge is 2.21. The number of morpholine rings is 1. The molecular formula is C21H23FN4O3. The molecule has 0 amide bonds. The Hall–Kier alpha value is -3.00. The fraction of sp³-hybridized carbons (Fsp3) is 0.381. The molecule has 29 heavy (non-hydrogen) atoms. The van der Waals surface area contributed by atoms with Crippen molar-refractivity contribution in [2.75, 3.05) is 31.2 Å². The Kier molecular flexibility index (Phi) is 4.96. The molecule has 8 heteroatoms. The normalized spacial score (nSPS) is 14.7. The molecule has 1 aromatic carbocycles. The Morgan fingerprint density at radius 1 is 1.24 bits per heavy atom. The van der Waals surface area contributed by atoms with Gasteiger partial charge in [-0.15, -0.1) is 0 Å². The molecule has 1 aliphatic rings. The zero-order valence-electron chi connectivity index (χ0n) is 16.6. The van der Waals surface area contributed by atoms with Gasteiger partial charge in [-0.25, -0.2) is 18.7 Å². The van der Waals surface area contributed by atoms with Crippen LogP contribution in [-0.4, -0.2) is 52.0 Å². The fourth-order valence-electron chi connectivity index (χ4n) is 3.56. The molecule has 0 radical (unpaired) electrons. The number of anilines is 1. The van der Waals surface area contributed by atoms with Crippen molar-refractivity contribution in [1.82, 2.24) is 14.6 Å². The fourth-order valence-corrected chi connectivity index (χ4v) is 3.56. The molecule has 0 atom stereocenters. The average Bonchev–Trinajstić information content (AvgIpc) is 3.12. The molecule has 7 nitrogen and oxygen atoms in total. The monoisotopic (exact) mass is 398 g/mol. The minimum atomic E-state index is -1.29. The molecule has 0 saturated carbocycles. The zero-order chi connectivity index (χ0) is 20.7. The first-order chi connectivity index (χ1) is 13.8. The van der Waals surface area contributed by atoms with E-state index in [1.807, 2.05) is 26.1 Å². The summed E-state index contributed by atoms with van der Waals surface area (Å²) in [5, 5.41) is 13.9. The third-order valence-corrected chi connectivity index (χ3v) is 5.15. The summed E-state index contributed by atoms with van der Waals surface area (Å²) >= 11 is 0. The van der Waals surface area contributed by atoms with Crippen LogP contribution in [0.4, 0.5) is 10.1 Å². The van der Waals surface area contributed by atoms with Gasteiger partial charge in [-0.1, -0.05) is 13.8 Å². The number of benzene rings is 1. The van der Waals surface area contributed by atoms with E-state index in [4.69, 9.17) is 9.72 Å². The third kappa shape index (κ3) is 3.55. The number of hydrogen-bond donors (Lipinski definition) is 1. The number of rotatable bonds is 4. The van der Waals surface area contributed by atoms with Gasteiger partial charge in [0.05, 0.1) is 24.5 Å². The lowest BCUT2D eigenvalue weighted by molar-refractivity contribution is 0.0692. The summed E-state index contributed by atoms with van der Waals surface area (Å²) in [6, 6.07) is 4.63. The first-order valence-corrected chi connectivity index (χ1v) is 9.62. The number of hydrogen-bond acceptors (Lipinski definition) is 5. The Balaban J connectivity index is 1.93. The highest BCUT2D eigenvalue weighted by Crippen LogP contribution is 2.32. The number of carbonyl (C=O) groups is 1. The van der Waals surface area contributed by atoms with Gasteiger partial charge in [0, 0.05) is 30.8 Å². The largest absolute Gasteiger partial charge is 0.478 e. The summed E-state index contributed by atoms with van der Waals surface area (Å²) in [6.07, 6.45) is 1.82. The maximum absolute atomic E-state index is 14.1. The molecule has 1 fully saturated rings. The van der Waals surface area contributed by atoms with Gasteiger partial charge in [0.15, 0.2) is 11.5 Å². The van der Waals surface area contributed by atoms with E-state index in [0.29, 0.717) is 24.3 Å². The van der Waals surface area contributed by atoms with Crippen LogP contribution in [0.5, 0.6) is 0 Å². The van der Waals surface area contributed by atoms with Gasteiger partial charge in [-0.2, -0.15) is 5.10 Å². The highest BCUT2D eigenvalue weighted by atomic mass is 19.1. The molecule has 0 unspecified atom stereocenters. The molecule has 1 saturated heterocycles. The van der Waals surface area contributed by atoms with Crippen LogP contribution in [-0.2, 0) is 4.74 Å². The Morgan fingerprint density at radius 2 is 1.97 bits per heavy atom. The van der Waals surface area contributed by atoms with E-state index in [1.54, 1.807) is 11.4 Å². The molecule has 0 spiro atoms. The molecule has 0 bridgehead atoms. The average molecular weight is 398 g/mol. The van der Waals surface area contributed by atoms with Crippen molar-refractivity contribution < 1.29 is 19.0 Å². The molecular weight excluding hydrogens is 375 g/mol. The van der Waals surface area contributed by atoms with Crippen LogP contribution in [0.3, 0.4) is 0 Å². The van der Waals surface area contributed by atoms with E-state index in [1.165, 1.54) is 12.1 Å². The summed E-state index contributed by atoms with van der Waals surface area (Å²) in [7, 11) is 0. The van der Waals surface area contributed by atoms with Gasteiger partial charge in [0.25, 0.3) is 0 Å². The first-order valence-electron chi connectivity index (χ1n) is 9.62. The number of nitrogens with zero attached hydrogens (tertiary/aromatic N) is 4. The maximum atomic E-state index is 14.1. The molecule has 1 N–H and O–H groups in total. The van der Waals surface area contributed by atoms with E-state index < -0.39 is 11.8 Å². The van der Waals surface area contributed by atoms with Gasteiger partial charge >= 0.3 is 5.97 Å². The number of aromatic nitrogens is 3. The standard InChI is InChI=1S/C21H23FN4O3/c1-12(2)19-23-20-18(25-4-6-29-7-5-25)9-14(11-26(20)24-19)15-10-16(21(27)28)17(22)8-13(15)3/h8-12H,4-7H2,1-3H3,(H,27,28). The molecule has 2 aromatic heterocycles. The van der Waals surface area contributed by atoms with Crippen LogP contribution in [0, 0.1) is 12.7 Å². The second-order valence-corrected chi connectivity index (χ2v) is 7.56. The van der Waals surface area contributed by atoms with Gasteiger partial charge in [-0.05, 0) is 36.2 Å². The van der Waals surface area contributed by atoms with Crippen LogP contribution in [0.1, 0.15) is 41.5 Å². The van der Waals surface area contributed by atoms with Crippen molar-refractivity contribution in [2.45, 2.75) is 26.7 Å². The van der Waals surface area contributed by atoms with E-state index in [0.717, 1.165) is 35.8 Å². The van der Waals surface area contributed by atoms with E-state index in [-0.39, 0.29) is 11.5 Å². The van der Waals surface area contributed by atoms with Gasteiger partial charge in [-0.3, -0.25) is 0 Å². The van der Waals surface area contributed by atoms with Crippen LogP contribution in [0.25, 0.3) is 16.8 Å². The summed E-state index contributed by atoms with van der Waals surface area (Å²) in [6.45, 7) is 8.54. The van der Waals surface area contributed by atoms with Crippen LogP contribution >= 0.6 is 0 Å². The van der Waals surface area contributed by atoms with Gasteiger partial charge in [0.1, 0.15) is 5.82 Å². The van der Waals surface area contributed by atoms with E-state index >= 15 is 0 Å². The Labute approximate surface area is 167 Å². The number of aromatic carboxylic acids is 1. The van der Waals surface area contributed by atoms with Crippen LogP contribution in [0.15, 0.2) is 24.4 Å². The lowest BCUT2D eigenvalue weighted by Gasteiger charge is -2.29. The molecule has 3 heterocycles. The lowest BCUT2D eigenvalue weighted by Crippen LogP contribution is -2.36. The molecule has 0 aliphatic carbocycles. The van der Waals surface area contributed by atoms with Crippen LogP contribution < -0.4 is 4.90 Å². The number of pyridine rings is 1. The zero-order valence-corrected chi connectivity index (χ0v) is 16.6. The quantitative estimate of drug-likeness (QED) is 0.725. The number of ether oxygens (including phenoxy) is 1. The topological polar surface area (TPSA) is 80.0 Å². The number of fused-ring (bicyclic) bond motifs is 1. The van der Waals surface area contributed by atoms with Crippen molar-refractivity contribution in [3.8, 4) is 11.1 Å². The highest BCUT2D eigenvalue weighted by molar-refractivity contribution is 5.90. The van der Waals surface area contributed by atoms with Gasteiger partial charge < -0.3 is 14.7 Å². The number of carboxylic acid groups (broad SMARTS) is 1. The first kappa shape index (κ1) is 19.3. The molecule has 3 aromatic rings. The Bertz CT molecular complexity index is 1090. The van der Waals surface area contributed by atoms with Crippen molar-refractivity contribution in [3.63, 3.8) is 0 Å². The number of halogens is 1. The van der Waals surface area contributed by atoms with Crippen molar-refractivity contribution in [2.24, 2.45) is 0 Å². The van der Waals surface area contributed by atoms with Gasteiger partial charge in [0.2, 0.25) is 0 Å². The SMILES string of the molecule is Cc1cc(F)c(C(=O)O)cc1-c1cc(N2CCOCC2)c2nc(C(C)C)nn2c1. The van der Waals surface area contributed by atoms with Crippen molar-refractivity contribution in [3.05, 3.63) is 47.2 Å². The smallest absolute Gasteiger partial charge is 0.338 e. The lowest BCUT2D eigenvalue weighted by atomic mass is 9.98. The molecule has 152 valence electrons. The summed E-state index contributed by atoms with van der Waals surface area (Å²) in [5.41, 5.74) is 3.38. The summed E-state index contributed by atoms with van der Waals surface area (Å²) in [5.74, 6) is -1.13. The second kappa shape index (κ2) is 7.44. The van der Waals surface area contributed by atoms with E-state index in [2.05, 4.69) is 10.00 Å². The minimum Gasteiger partial charge on any atom is -0.478 e. The third-order valence-electron chi connectivity index (χ3n) is 5.15. The molecule has 1 aliphatic heterocycles.